The number of ether oxygens (including phenoxy) is 4. The van der Waals surface area contributed by atoms with Gasteiger partial charge in [0.2, 0.25) is 6.10 Å². The minimum atomic E-state index is -1.29. The van der Waals surface area contributed by atoms with Gasteiger partial charge in [-0.1, -0.05) is 43.3 Å². The predicted molar refractivity (Wildman–Crippen MR) is 164 cm³/mol. The molecule has 45 heavy (non-hydrogen) atoms. The first-order valence-corrected chi connectivity index (χ1v) is 15.3. The number of hydrogen-bond acceptors (Lipinski definition) is 10. The van der Waals surface area contributed by atoms with Crippen LogP contribution in [0, 0.1) is 0 Å². The highest BCUT2D eigenvalue weighted by Gasteiger charge is 2.68. The van der Waals surface area contributed by atoms with Gasteiger partial charge in [0.15, 0.2) is 17.6 Å². The van der Waals surface area contributed by atoms with E-state index in [0.717, 1.165) is 17.7 Å². The van der Waals surface area contributed by atoms with Gasteiger partial charge in [-0.15, -0.1) is 0 Å². The second-order valence-corrected chi connectivity index (χ2v) is 13.1. The monoisotopic (exact) mass is 622 g/mol. The van der Waals surface area contributed by atoms with Crippen LogP contribution >= 0.6 is 0 Å². The molecule has 5 atom stereocenters. The molecule has 1 aliphatic heterocycles. The van der Waals surface area contributed by atoms with Crippen molar-refractivity contribution in [2.24, 2.45) is 0 Å². The van der Waals surface area contributed by atoms with E-state index >= 15 is 0 Å². The Morgan fingerprint density at radius 2 is 1.87 bits per heavy atom. The number of esters is 1. The maximum atomic E-state index is 13.1. The SMILES string of the molecule is CCN(C)[C@@H]1Cc2ccc(O)c3c2[C@@]2(C)[C@@H](O3)C(OC(=O)CCNC(=O)[C@@H](OC(=O)OC(C)(C)C)c3ccccc3)=CC[C@@]12O. The van der Waals surface area contributed by atoms with Crippen molar-refractivity contribution in [1.29, 1.82) is 0 Å². The van der Waals surface area contributed by atoms with Gasteiger partial charge < -0.3 is 39.4 Å². The van der Waals surface area contributed by atoms with E-state index in [4.69, 9.17) is 18.9 Å². The van der Waals surface area contributed by atoms with Crippen LogP contribution in [-0.2, 0) is 35.6 Å². The number of phenolic OH excluding ortho intramolecular Hbond substituents is 1. The van der Waals surface area contributed by atoms with Crippen molar-refractivity contribution in [3.8, 4) is 11.5 Å². The summed E-state index contributed by atoms with van der Waals surface area (Å²) in [6, 6.07) is 11.7. The number of carbonyl (C=O) groups excluding carboxylic acids is 3. The van der Waals surface area contributed by atoms with Crippen LogP contribution in [0.2, 0.25) is 0 Å². The van der Waals surface area contributed by atoms with Gasteiger partial charge in [0.05, 0.1) is 17.4 Å². The molecule has 0 fully saturated rings. The van der Waals surface area contributed by atoms with Crippen LogP contribution in [0.15, 0.2) is 54.3 Å². The number of nitrogens with one attached hydrogen (secondary N) is 1. The summed E-state index contributed by atoms with van der Waals surface area (Å²) in [5, 5.41) is 25.6. The Morgan fingerprint density at radius 1 is 1.16 bits per heavy atom. The van der Waals surface area contributed by atoms with Crippen LogP contribution in [0.1, 0.15) is 70.3 Å². The molecule has 0 spiro atoms. The molecule has 2 aliphatic carbocycles. The van der Waals surface area contributed by atoms with Crippen LogP contribution in [0.3, 0.4) is 0 Å². The van der Waals surface area contributed by atoms with Crippen molar-refractivity contribution >= 4 is 18.0 Å². The van der Waals surface area contributed by atoms with Crippen molar-refractivity contribution in [2.75, 3.05) is 20.1 Å². The molecule has 0 radical (unpaired) electrons. The van der Waals surface area contributed by atoms with Crippen LogP contribution in [-0.4, -0.2) is 76.6 Å². The van der Waals surface area contributed by atoms with Crippen LogP contribution in [0.5, 0.6) is 11.5 Å². The number of rotatable bonds is 9. The second-order valence-electron chi connectivity index (χ2n) is 13.1. The minimum Gasteiger partial charge on any atom is -0.504 e. The van der Waals surface area contributed by atoms with Gasteiger partial charge in [0.1, 0.15) is 11.4 Å². The van der Waals surface area contributed by atoms with Crippen molar-refractivity contribution in [3.63, 3.8) is 0 Å². The van der Waals surface area contributed by atoms with Crippen molar-refractivity contribution in [1.82, 2.24) is 10.2 Å². The molecule has 2 aromatic rings. The number of nitrogens with zero attached hydrogens (tertiary/aromatic N) is 1. The number of likely N-dealkylation sites (N-methyl/N-ethyl adjacent to an activating group) is 1. The van der Waals surface area contributed by atoms with E-state index in [0.29, 0.717) is 17.7 Å². The fourth-order valence-corrected chi connectivity index (χ4v) is 6.73. The molecule has 1 amide bonds. The van der Waals surface area contributed by atoms with Crippen molar-refractivity contribution in [3.05, 3.63) is 71.0 Å². The van der Waals surface area contributed by atoms with Gasteiger partial charge in [-0.2, -0.15) is 0 Å². The highest BCUT2D eigenvalue weighted by atomic mass is 16.7. The Hall–Kier alpha value is -4.09. The lowest BCUT2D eigenvalue weighted by molar-refractivity contribution is -0.150. The third-order valence-electron chi connectivity index (χ3n) is 9.07. The van der Waals surface area contributed by atoms with Crippen molar-refractivity contribution in [2.45, 2.75) is 88.7 Å². The van der Waals surface area contributed by atoms with E-state index in [1.54, 1.807) is 63.2 Å². The summed E-state index contributed by atoms with van der Waals surface area (Å²) >= 11 is 0. The fraction of sp³-hybridized carbons (Fsp3) is 0.500. The highest BCUT2D eigenvalue weighted by molar-refractivity contribution is 5.84. The van der Waals surface area contributed by atoms with Gasteiger partial charge >= 0.3 is 12.1 Å². The van der Waals surface area contributed by atoms with E-state index in [1.807, 2.05) is 27.0 Å². The maximum Gasteiger partial charge on any atom is 0.509 e. The summed E-state index contributed by atoms with van der Waals surface area (Å²) in [5.74, 6) is -0.745. The first-order valence-electron chi connectivity index (χ1n) is 15.3. The average molecular weight is 623 g/mol. The summed E-state index contributed by atoms with van der Waals surface area (Å²) in [5.41, 5.74) is -0.908. The Balaban J connectivity index is 1.28. The summed E-state index contributed by atoms with van der Waals surface area (Å²) < 4.78 is 22.6. The number of amides is 1. The molecular weight excluding hydrogens is 580 g/mol. The molecule has 11 heteroatoms. The van der Waals surface area contributed by atoms with Gasteiger partial charge in [0, 0.05) is 30.1 Å². The van der Waals surface area contributed by atoms with Gasteiger partial charge in [-0.05, 0) is 65.4 Å². The Labute approximate surface area is 263 Å². The first kappa shape index (κ1) is 32.3. The lowest BCUT2D eigenvalue weighted by Gasteiger charge is -2.56. The summed E-state index contributed by atoms with van der Waals surface area (Å²) in [6.45, 7) is 9.63. The van der Waals surface area contributed by atoms with Gasteiger partial charge in [-0.3, -0.25) is 9.59 Å². The Bertz CT molecular complexity index is 1500. The van der Waals surface area contributed by atoms with E-state index in [9.17, 15) is 24.6 Å². The molecule has 3 aliphatic rings. The van der Waals surface area contributed by atoms with Crippen LogP contribution in [0.25, 0.3) is 0 Å². The zero-order chi connectivity index (χ0) is 32.7. The van der Waals surface area contributed by atoms with E-state index < -0.39 is 46.9 Å². The lowest BCUT2D eigenvalue weighted by atomic mass is 9.54. The zero-order valence-electron chi connectivity index (χ0n) is 26.6. The Kier molecular flexibility index (Phi) is 8.63. The molecule has 2 aromatic carbocycles. The van der Waals surface area contributed by atoms with Crippen LogP contribution in [0.4, 0.5) is 4.79 Å². The zero-order valence-corrected chi connectivity index (χ0v) is 26.6. The molecular formula is C34H42N2O9. The predicted octanol–water partition coefficient (Wildman–Crippen LogP) is 4.05. The van der Waals surface area contributed by atoms with Crippen LogP contribution < -0.4 is 10.1 Å². The quantitative estimate of drug-likeness (QED) is 0.351. The van der Waals surface area contributed by atoms with E-state index in [1.165, 1.54) is 0 Å². The summed E-state index contributed by atoms with van der Waals surface area (Å²) in [7, 11) is 1.97. The van der Waals surface area contributed by atoms with E-state index in [-0.39, 0.29) is 36.9 Å². The standard InChI is InChI=1S/C34H42N2O9/c1-7-36(6)24-19-21-13-14-22(37)28-26(21)33(5)29(43-28)23(15-17-34(24,33)41)42-25(38)16-18-35-30(39)27(20-11-9-8-10-12-20)44-31(40)45-32(2,3)4/h8-15,24,27,29,37,41H,7,16-19H2,1-6H3,(H,35,39)/t24-,27+,29+,33+,34-/m1/s1. The number of aromatic hydroxyl groups is 1. The molecule has 0 unspecified atom stereocenters. The third-order valence-corrected chi connectivity index (χ3v) is 9.07. The second kappa shape index (κ2) is 12.0. The molecule has 1 heterocycles. The topological polar surface area (TPSA) is 144 Å². The van der Waals surface area contributed by atoms with Crippen molar-refractivity contribution < 1.29 is 43.5 Å². The number of benzene rings is 2. The number of carbonyl (C=O) groups is 3. The fourth-order valence-electron chi connectivity index (χ4n) is 6.73. The number of phenols is 1. The molecule has 0 bridgehead atoms. The minimum absolute atomic E-state index is 0.0380. The Morgan fingerprint density at radius 3 is 2.53 bits per heavy atom. The van der Waals surface area contributed by atoms with E-state index in [2.05, 4.69) is 10.2 Å². The molecule has 242 valence electrons. The average Bonchev–Trinajstić information content (AvgIpc) is 3.32. The summed E-state index contributed by atoms with van der Waals surface area (Å²) in [4.78, 5) is 40.6. The number of hydrogen-bond donors (Lipinski definition) is 3. The molecule has 3 N–H and O–H groups in total. The molecule has 11 nitrogen and oxygen atoms in total. The first-order chi connectivity index (χ1) is 21.2. The molecule has 5 rings (SSSR count). The normalized spacial score (nSPS) is 25.4. The largest absolute Gasteiger partial charge is 0.509 e. The molecule has 0 saturated carbocycles. The smallest absolute Gasteiger partial charge is 0.504 e. The molecule has 0 aromatic heterocycles. The van der Waals surface area contributed by atoms with Gasteiger partial charge in [-0.25, -0.2) is 4.79 Å². The van der Waals surface area contributed by atoms with Gasteiger partial charge in [0.25, 0.3) is 5.91 Å². The molecule has 0 saturated heterocycles. The highest BCUT2D eigenvalue weighted by Crippen LogP contribution is 2.62. The summed E-state index contributed by atoms with van der Waals surface area (Å²) in [6.07, 6.45) is -0.835. The number of aliphatic hydroxyl groups is 1. The maximum absolute atomic E-state index is 13.1. The lowest BCUT2D eigenvalue weighted by Crippen LogP contribution is -2.69. The third kappa shape index (κ3) is 5.86.